The highest BCUT2D eigenvalue weighted by Crippen LogP contribution is 2.25. The molecule has 3 heteroatoms. The van der Waals surface area contributed by atoms with Crippen LogP contribution in [0.2, 0.25) is 0 Å². The first-order valence-corrected chi connectivity index (χ1v) is 6.33. The number of hydrogen-bond donors (Lipinski definition) is 0. The van der Waals surface area contributed by atoms with Gasteiger partial charge in [0.05, 0.1) is 0 Å². The molecule has 0 aliphatic carbocycles. The van der Waals surface area contributed by atoms with Crippen molar-refractivity contribution in [2.45, 2.75) is 65.5 Å². The summed E-state index contributed by atoms with van der Waals surface area (Å²) in [7, 11) is 0. The summed E-state index contributed by atoms with van der Waals surface area (Å²) in [4.78, 5) is 13.9. The van der Waals surface area contributed by atoms with Crippen molar-refractivity contribution in [1.82, 2.24) is 4.90 Å². The number of rotatable bonds is 1. The van der Waals surface area contributed by atoms with Gasteiger partial charge in [-0.1, -0.05) is 13.3 Å². The number of hydrogen-bond acceptors (Lipinski definition) is 2. The Hall–Kier alpha value is -0.730. The summed E-state index contributed by atoms with van der Waals surface area (Å²) < 4.78 is 5.43. The zero-order valence-electron chi connectivity index (χ0n) is 11.2. The first-order chi connectivity index (χ1) is 7.33. The molecule has 0 aromatic heterocycles. The molecule has 1 aliphatic rings. The second-order valence-corrected chi connectivity index (χ2v) is 5.83. The van der Waals surface area contributed by atoms with E-state index in [4.69, 9.17) is 4.74 Å². The van der Waals surface area contributed by atoms with Crippen LogP contribution in [0.1, 0.15) is 53.9 Å². The van der Waals surface area contributed by atoms with Gasteiger partial charge >= 0.3 is 6.09 Å². The molecule has 1 aliphatic heterocycles. The highest BCUT2D eigenvalue weighted by molar-refractivity contribution is 5.68. The van der Waals surface area contributed by atoms with Crippen molar-refractivity contribution < 1.29 is 9.53 Å². The van der Waals surface area contributed by atoms with Crippen LogP contribution in [-0.4, -0.2) is 29.2 Å². The molecule has 1 heterocycles. The molecule has 1 saturated heterocycles. The Labute approximate surface area is 99.1 Å². The third-order valence-corrected chi connectivity index (χ3v) is 3.19. The molecule has 0 aromatic carbocycles. The van der Waals surface area contributed by atoms with Gasteiger partial charge in [-0.2, -0.15) is 0 Å². The lowest BCUT2D eigenvalue weighted by Gasteiger charge is -2.38. The number of piperidine rings is 1. The maximum Gasteiger partial charge on any atom is 0.410 e. The molecular weight excluding hydrogens is 202 g/mol. The second-order valence-electron chi connectivity index (χ2n) is 5.83. The van der Waals surface area contributed by atoms with Crippen molar-refractivity contribution in [3.63, 3.8) is 0 Å². The Balaban J connectivity index is 2.59. The fraction of sp³-hybridized carbons (Fsp3) is 0.923. The predicted octanol–water partition coefficient (Wildman–Crippen LogP) is 3.43. The molecule has 0 unspecified atom stereocenters. The first-order valence-electron chi connectivity index (χ1n) is 6.33. The van der Waals surface area contributed by atoms with Gasteiger partial charge in [0.25, 0.3) is 0 Å². The highest BCUT2D eigenvalue weighted by atomic mass is 16.6. The van der Waals surface area contributed by atoms with Crippen molar-refractivity contribution in [1.29, 1.82) is 0 Å². The average molecular weight is 227 g/mol. The van der Waals surface area contributed by atoms with E-state index < -0.39 is 5.60 Å². The molecule has 0 saturated carbocycles. The summed E-state index contributed by atoms with van der Waals surface area (Å²) in [5.41, 5.74) is -0.393. The van der Waals surface area contributed by atoms with E-state index in [2.05, 4.69) is 13.8 Å². The standard InChI is InChI=1S/C13H25NO2/c1-6-11-8-7-10(2)14(9-11)12(15)16-13(3,4)5/h10-11H,6-9H2,1-5H3/t10-,11-/m0/s1. The van der Waals surface area contributed by atoms with Crippen LogP contribution in [0, 0.1) is 5.92 Å². The van der Waals surface area contributed by atoms with Gasteiger partial charge in [0, 0.05) is 12.6 Å². The normalized spacial score (nSPS) is 26.7. The van der Waals surface area contributed by atoms with Crippen LogP contribution in [-0.2, 0) is 4.74 Å². The van der Waals surface area contributed by atoms with E-state index in [-0.39, 0.29) is 6.09 Å². The maximum absolute atomic E-state index is 12.0. The number of amides is 1. The van der Waals surface area contributed by atoms with Crippen molar-refractivity contribution in [2.24, 2.45) is 5.92 Å². The molecular formula is C13H25NO2. The minimum absolute atomic E-state index is 0.154. The average Bonchev–Trinajstić information content (AvgIpc) is 2.15. The Bertz CT molecular complexity index is 245. The minimum Gasteiger partial charge on any atom is -0.444 e. The van der Waals surface area contributed by atoms with Crippen LogP contribution >= 0.6 is 0 Å². The summed E-state index contributed by atoms with van der Waals surface area (Å²) in [6.07, 6.45) is 3.32. The minimum atomic E-state index is -0.393. The molecule has 2 atom stereocenters. The van der Waals surface area contributed by atoms with Crippen molar-refractivity contribution in [3.8, 4) is 0 Å². The molecule has 0 radical (unpaired) electrons. The third-order valence-electron chi connectivity index (χ3n) is 3.19. The van der Waals surface area contributed by atoms with Crippen LogP contribution in [0.25, 0.3) is 0 Å². The van der Waals surface area contributed by atoms with Crippen LogP contribution in [0.3, 0.4) is 0 Å². The van der Waals surface area contributed by atoms with E-state index in [1.807, 2.05) is 25.7 Å². The van der Waals surface area contributed by atoms with Gasteiger partial charge in [0.2, 0.25) is 0 Å². The number of ether oxygens (including phenoxy) is 1. The lowest BCUT2D eigenvalue weighted by atomic mass is 9.92. The summed E-state index contributed by atoms with van der Waals surface area (Å²) in [6, 6.07) is 0.317. The molecule has 0 bridgehead atoms. The van der Waals surface area contributed by atoms with E-state index in [1.54, 1.807) is 0 Å². The molecule has 0 N–H and O–H groups in total. The monoisotopic (exact) mass is 227 g/mol. The summed E-state index contributed by atoms with van der Waals surface area (Å²) in [5, 5.41) is 0. The fourth-order valence-corrected chi connectivity index (χ4v) is 2.09. The summed E-state index contributed by atoms with van der Waals surface area (Å²) in [6.45, 7) is 10.9. The van der Waals surface area contributed by atoms with Gasteiger partial charge < -0.3 is 9.64 Å². The molecule has 3 nitrogen and oxygen atoms in total. The second kappa shape index (κ2) is 5.07. The Morgan fingerprint density at radius 2 is 2.00 bits per heavy atom. The zero-order valence-corrected chi connectivity index (χ0v) is 11.2. The van der Waals surface area contributed by atoms with Crippen molar-refractivity contribution in [2.75, 3.05) is 6.54 Å². The van der Waals surface area contributed by atoms with E-state index in [9.17, 15) is 4.79 Å². The van der Waals surface area contributed by atoms with Crippen molar-refractivity contribution in [3.05, 3.63) is 0 Å². The Morgan fingerprint density at radius 3 is 2.50 bits per heavy atom. The van der Waals surface area contributed by atoms with Crippen LogP contribution in [0.5, 0.6) is 0 Å². The quantitative estimate of drug-likeness (QED) is 0.687. The predicted molar refractivity (Wildman–Crippen MR) is 65.4 cm³/mol. The molecule has 16 heavy (non-hydrogen) atoms. The summed E-state index contributed by atoms with van der Waals surface area (Å²) >= 11 is 0. The highest BCUT2D eigenvalue weighted by Gasteiger charge is 2.31. The van der Waals surface area contributed by atoms with Gasteiger partial charge in [0.1, 0.15) is 5.60 Å². The van der Waals surface area contributed by atoms with Gasteiger partial charge in [-0.25, -0.2) is 4.79 Å². The van der Waals surface area contributed by atoms with Gasteiger partial charge in [-0.05, 0) is 46.5 Å². The van der Waals surface area contributed by atoms with Crippen LogP contribution < -0.4 is 0 Å². The molecule has 94 valence electrons. The molecule has 1 fully saturated rings. The third kappa shape index (κ3) is 3.69. The Kier molecular flexibility index (Phi) is 4.22. The van der Waals surface area contributed by atoms with Crippen LogP contribution in [0.4, 0.5) is 4.79 Å². The summed E-state index contributed by atoms with van der Waals surface area (Å²) in [5.74, 6) is 0.642. The smallest absolute Gasteiger partial charge is 0.410 e. The lowest BCUT2D eigenvalue weighted by Crippen LogP contribution is -2.47. The van der Waals surface area contributed by atoms with Gasteiger partial charge in [0.15, 0.2) is 0 Å². The van der Waals surface area contributed by atoms with Crippen molar-refractivity contribution >= 4 is 6.09 Å². The SMILES string of the molecule is CC[C@H]1CC[C@H](C)N(C(=O)OC(C)(C)C)C1. The van der Waals surface area contributed by atoms with Gasteiger partial charge in [-0.15, -0.1) is 0 Å². The fourth-order valence-electron chi connectivity index (χ4n) is 2.09. The molecule has 1 rings (SSSR count). The number of carbonyl (C=O) groups excluding carboxylic acids is 1. The number of carbonyl (C=O) groups is 1. The van der Waals surface area contributed by atoms with E-state index in [1.165, 1.54) is 6.42 Å². The van der Waals surface area contributed by atoms with E-state index in [0.717, 1.165) is 19.4 Å². The molecule has 0 aromatic rings. The topological polar surface area (TPSA) is 29.5 Å². The first kappa shape index (κ1) is 13.3. The molecule has 0 spiro atoms. The largest absolute Gasteiger partial charge is 0.444 e. The lowest BCUT2D eigenvalue weighted by molar-refractivity contribution is 0.00518. The maximum atomic E-state index is 12.0. The Morgan fingerprint density at radius 1 is 1.38 bits per heavy atom. The number of likely N-dealkylation sites (tertiary alicyclic amines) is 1. The van der Waals surface area contributed by atoms with Gasteiger partial charge in [-0.3, -0.25) is 0 Å². The van der Waals surface area contributed by atoms with E-state index >= 15 is 0 Å². The molecule has 1 amide bonds. The van der Waals surface area contributed by atoms with E-state index in [0.29, 0.717) is 12.0 Å². The number of nitrogens with zero attached hydrogens (tertiary/aromatic N) is 1. The van der Waals surface area contributed by atoms with Crippen LogP contribution in [0.15, 0.2) is 0 Å². The zero-order chi connectivity index (χ0) is 12.3.